The van der Waals surface area contributed by atoms with Crippen molar-refractivity contribution in [3.8, 4) is 0 Å². The van der Waals surface area contributed by atoms with Crippen LogP contribution in [-0.4, -0.2) is 68.9 Å². The van der Waals surface area contributed by atoms with E-state index in [1.807, 2.05) is 27.7 Å². The maximum atomic E-state index is 12.5. The van der Waals surface area contributed by atoms with Crippen LogP contribution in [0.5, 0.6) is 0 Å². The lowest BCUT2D eigenvalue weighted by Crippen LogP contribution is -2.35. The molecule has 0 radical (unpaired) electrons. The number of amides is 1. The summed E-state index contributed by atoms with van der Waals surface area (Å²) < 4.78 is 29.5. The molecule has 0 aliphatic heterocycles. The molecule has 0 aromatic heterocycles. The summed E-state index contributed by atoms with van der Waals surface area (Å²) in [7, 11) is 0. The van der Waals surface area contributed by atoms with Crippen LogP contribution >= 0.6 is 12.6 Å². The molecule has 0 spiro atoms. The predicted molar refractivity (Wildman–Crippen MR) is 253 cm³/mol. The van der Waals surface area contributed by atoms with Crippen LogP contribution in [0.15, 0.2) is 0 Å². The zero-order valence-electron chi connectivity index (χ0n) is 39.8. The minimum absolute atomic E-state index is 0.193. The number of nitrogens with one attached hydrogen (secondary N) is 1. The monoisotopic (exact) mass is 844 g/mol. The van der Waals surface area contributed by atoms with Crippen molar-refractivity contribution in [2.75, 3.05) is 46.2 Å². The van der Waals surface area contributed by atoms with Gasteiger partial charge in [0.1, 0.15) is 17.6 Å². The van der Waals surface area contributed by atoms with E-state index in [2.05, 4.69) is 31.8 Å². The van der Waals surface area contributed by atoms with Crippen LogP contribution in [0.3, 0.4) is 0 Å². The first-order chi connectivity index (χ1) is 28.1. The summed E-state index contributed by atoms with van der Waals surface area (Å²) in [5, 5.41) is 2.84. The summed E-state index contributed by atoms with van der Waals surface area (Å²) in [6.07, 6.45) is 43.4. The van der Waals surface area contributed by atoms with Crippen LogP contribution in [0, 0.1) is 0 Å². The summed E-state index contributed by atoms with van der Waals surface area (Å²) in [6.45, 7) is 15.9. The summed E-state index contributed by atoms with van der Waals surface area (Å²) in [6, 6.07) is 0. The fourth-order valence-electron chi connectivity index (χ4n) is 7.18. The number of unbranched alkanes of at least 4 members (excludes halogenated alkanes) is 30. The molecule has 0 saturated heterocycles. The number of carbonyl (C=O) groups excluding carboxylic acids is 1. The first kappa shape index (κ1) is 57.5. The third-order valence-corrected chi connectivity index (χ3v) is 11.2. The van der Waals surface area contributed by atoms with Gasteiger partial charge < -0.3 is 29.0 Å². The highest BCUT2D eigenvalue weighted by Crippen LogP contribution is 2.20. The van der Waals surface area contributed by atoms with Gasteiger partial charge in [-0.25, -0.2) is 4.79 Å². The molecule has 0 rings (SSSR count). The highest BCUT2D eigenvalue weighted by molar-refractivity contribution is 7.81. The van der Waals surface area contributed by atoms with Gasteiger partial charge in [-0.1, -0.05) is 206 Å². The molecule has 0 fully saturated rings. The molecule has 0 aromatic carbocycles. The van der Waals surface area contributed by atoms with Gasteiger partial charge in [0.25, 0.3) is 0 Å². The van der Waals surface area contributed by atoms with Crippen molar-refractivity contribution < 1.29 is 28.5 Å². The maximum Gasteiger partial charge on any atom is 0.407 e. The van der Waals surface area contributed by atoms with E-state index in [1.165, 1.54) is 193 Å². The Morgan fingerprint density at radius 1 is 0.483 bits per heavy atom. The van der Waals surface area contributed by atoms with Gasteiger partial charge in [0.05, 0.1) is 25.4 Å². The zero-order chi connectivity index (χ0) is 42.7. The summed E-state index contributed by atoms with van der Waals surface area (Å²) >= 11 is 4.58. The van der Waals surface area contributed by atoms with Crippen molar-refractivity contribution in [3.05, 3.63) is 0 Å². The number of hydrogen-bond acceptors (Lipinski definition) is 7. The van der Waals surface area contributed by atoms with Crippen LogP contribution in [0.2, 0.25) is 0 Å². The Bertz CT molecular complexity index is 837. The maximum absolute atomic E-state index is 12.5. The molecule has 58 heavy (non-hydrogen) atoms. The SMILES string of the molecule is CCCCCCCCCCCCCCCCCCOCC(COC(=O)NCCCOC(C)(S)COC(C)(C)C)OCCCCCCCCCCCCCCCCCC. The quantitative estimate of drug-likeness (QED) is 0.0361. The van der Waals surface area contributed by atoms with Crippen LogP contribution in [0.4, 0.5) is 4.79 Å². The molecule has 7 nitrogen and oxygen atoms in total. The minimum Gasteiger partial charge on any atom is -0.447 e. The molecule has 348 valence electrons. The van der Waals surface area contributed by atoms with E-state index in [1.54, 1.807) is 0 Å². The van der Waals surface area contributed by atoms with E-state index >= 15 is 0 Å². The second-order valence-corrected chi connectivity index (χ2v) is 19.4. The second kappa shape index (κ2) is 43.1. The predicted octanol–water partition coefficient (Wildman–Crippen LogP) is 15.5. The Hall–Kier alpha value is -0.540. The summed E-state index contributed by atoms with van der Waals surface area (Å²) in [5.41, 5.74) is -0.247. The van der Waals surface area contributed by atoms with Crippen molar-refractivity contribution in [1.82, 2.24) is 5.32 Å². The number of thiol groups is 1. The van der Waals surface area contributed by atoms with Gasteiger partial charge in [-0.2, -0.15) is 0 Å². The first-order valence-electron chi connectivity index (χ1n) is 25.2. The average Bonchev–Trinajstić information content (AvgIpc) is 3.19. The van der Waals surface area contributed by atoms with Crippen molar-refractivity contribution in [2.45, 2.75) is 270 Å². The molecule has 1 N–H and O–H groups in total. The molecule has 0 bridgehead atoms. The highest BCUT2D eigenvalue weighted by atomic mass is 32.1. The Morgan fingerprint density at radius 3 is 1.26 bits per heavy atom. The molecule has 1 amide bonds. The number of rotatable bonds is 46. The van der Waals surface area contributed by atoms with Crippen LogP contribution in [-0.2, 0) is 23.7 Å². The molecule has 8 heteroatoms. The van der Waals surface area contributed by atoms with Gasteiger partial charge in [0, 0.05) is 19.8 Å². The van der Waals surface area contributed by atoms with Crippen molar-refractivity contribution in [1.29, 1.82) is 0 Å². The Morgan fingerprint density at radius 2 is 0.862 bits per heavy atom. The standard InChI is InChI=1S/C50H101NO6S/c1-7-9-11-13-15-17-19-21-23-25-27-29-31-33-35-37-41-53-44-47(45-55-48(52)51-40-39-43-56-50(6,58)46-57-49(3,4)5)54-42-38-36-34-32-30-28-26-24-22-20-18-16-14-12-10-8-2/h47,58H,7-46H2,1-6H3,(H,51,52). The van der Waals surface area contributed by atoms with E-state index in [0.29, 0.717) is 39.4 Å². The summed E-state index contributed by atoms with van der Waals surface area (Å²) in [4.78, 5) is 11.8. The van der Waals surface area contributed by atoms with Crippen LogP contribution in [0.25, 0.3) is 0 Å². The number of hydrogen-bond donors (Lipinski definition) is 2. The molecule has 2 unspecified atom stereocenters. The van der Waals surface area contributed by atoms with Crippen molar-refractivity contribution >= 4 is 18.7 Å². The molecule has 0 aliphatic carbocycles. The smallest absolute Gasteiger partial charge is 0.407 e. The van der Waals surface area contributed by atoms with Gasteiger partial charge in [0.2, 0.25) is 0 Å². The zero-order valence-corrected chi connectivity index (χ0v) is 40.7. The van der Waals surface area contributed by atoms with E-state index < -0.39 is 11.0 Å². The van der Waals surface area contributed by atoms with Gasteiger partial charge in [-0.05, 0) is 47.0 Å². The van der Waals surface area contributed by atoms with Crippen LogP contribution < -0.4 is 5.32 Å². The lowest BCUT2D eigenvalue weighted by Gasteiger charge is -2.29. The molecular formula is C50H101NO6S. The van der Waals surface area contributed by atoms with Gasteiger partial charge in [-0.3, -0.25) is 0 Å². The summed E-state index contributed by atoms with van der Waals surface area (Å²) in [5.74, 6) is 0. The van der Waals surface area contributed by atoms with Crippen molar-refractivity contribution in [3.63, 3.8) is 0 Å². The topological polar surface area (TPSA) is 75.3 Å². The molecule has 0 aromatic rings. The second-order valence-electron chi connectivity index (χ2n) is 18.5. The fraction of sp³-hybridized carbons (Fsp3) is 0.980. The molecule has 0 heterocycles. The molecule has 0 saturated carbocycles. The van der Waals surface area contributed by atoms with Gasteiger partial charge in [0.15, 0.2) is 0 Å². The minimum atomic E-state index is -0.684. The number of carbonyl (C=O) groups is 1. The average molecular weight is 844 g/mol. The lowest BCUT2D eigenvalue weighted by molar-refractivity contribution is -0.0804. The Balaban J connectivity index is 4.18. The third kappa shape index (κ3) is 46.5. The van der Waals surface area contributed by atoms with E-state index in [9.17, 15) is 4.79 Å². The first-order valence-corrected chi connectivity index (χ1v) is 25.6. The Labute approximate surface area is 367 Å². The largest absolute Gasteiger partial charge is 0.447 e. The fourth-order valence-corrected chi connectivity index (χ4v) is 7.33. The van der Waals surface area contributed by atoms with E-state index in [-0.39, 0.29) is 18.3 Å². The van der Waals surface area contributed by atoms with Gasteiger partial charge >= 0.3 is 6.09 Å². The number of alkyl carbamates (subject to hydrolysis) is 1. The third-order valence-electron chi connectivity index (χ3n) is 11.0. The lowest BCUT2D eigenvalue weighted by atomic mass is 10.0. The normalized spacial score (nSPS) is 13.5. The Kier molecular flexibility index (Phi) is 42.7. The molecule has 0 aliphatic rings. The van der Waals surface area contributed by atoms with E-state index in [0.717, 1.165) is 19.4 Å². The van der Waals surface area contributed by atoms with E-state index in [4.69, 9.17) is 23.7 Å². The molecular weight excluding hydrogens is 743 g/mol. The van der Waals surface area contributed by atoms with Gasteiger partial charge in [-0.15, -0.1) is 12.6 Å². The van der Waals surface area contributed by atoms with Crippen molar-refractivity contribution in [2.24, 2.45) is 0 Å². The van der Waals surface area contributed by atoms with Crippen LogP contribution in [0.1, 0.15) is 253 Å². The number of ether oxygens (including phenoxy) is 5. The highest BCUT2D eigenvalue weighted by Gasteiger charge is 2.23. The molecule has 2 atom stereocenters.